The summed E-state index contributed by atoms with van der Waals surface area (Å²) >= 11 is 5.20. The molecule has 0 aliphatic carbocycles. The quantitative estimate of drug-likeness (QED) is 0.623. The summed E-state index contributed by atoms with van der Waals surface area (Å²) < 4.78 is 0. The Hall–Kier alpha value is 0.350. The minimum absolute atomic E-state index is 0.118. The fraction of sp³-hybridized carbons (Fsp3) is 0.875. The second-order valence-electron chi connectivity index (χ2n) is 4.71. The molecule has 3 nitrogen and oxygen atoms in total. The largest absolute Gasteiger partial charge is 0.393 e. The van der Waals surface area contributed by atoms with Gasteiger partial charge in [-0.25, -0.2) is 0 Å². The summed E-state index contributed by atoms with van der Waals surface area (Å²) in [4.78, 5) is 20.7. The van der Waals surface area contributed by atoms with Crippen LogP contribution in [0, 0.1) is 0 Å². The number of Topliss-reactive ketones (excluding diaryl/α,β-unsaturated/α-hetero) is 2. The number of ketones is 2. The van der Waals surface area contributed by atoms with Crippen LogP contribution < -0.4 is 0 Å². The Morgan fingerprint density at radius 2 is 1.41 bits per heavy atom. The third-order valence-electron chi connectivity index (χ3n) is 2.38. The van der Waals surface area contributed by atoms with Crippen LogP contribution in [0.25, 0.3) is 0 Å². The highest BCUT2D eigenvalue weighted by Crippen LogP contribution is 1.98. The van der Waals surface area contributed by atoms with Gasteiger partial charge in [-0.1, -0.05) is 6.92 Å². The molecule has 0 radical (unpaired) electrons. The lowest BCUT2D eigenvalue weighted by atomic mass is 10.2. The van der Waals surface area contributed by atoms with Gasteiger partial charge in [-0.05, 0) is 56.3 Å². The molecule has 0 aromatic heterocycles. The molecular weight excluding hydrogens is 336 g/mol. The Morgan fingerprint density at radius 1 is 0.955 bits per heavy atom. The summed E-state index contributed by atoms with van der Waals surface area (Å²) in [6, 6.07) is 0. The van der Waals surface area contributed by atoms with E-state index in [4.69, 9.17) is 5.11 Å². The standard InChI is InChI=1S/C6H12OS.C5H12OS.C5H10OS/c1-3-6(7)4-5-8-2;2*1-5(6)3-4-7-2/h3-5H2,1-2H3;5-6H,3-4H2,1-2H3;3-4H2,1-2H3. The molecule has 0 aliphatic heterocycles. The molecule has 1 unspecified atom stereocenters. The number of hydrogen-bond donors (Lipinski definition) is 1. The molecular formula is C16H34O3S3. The van der Waals surface area contributed by atoms with Crippen LogP contribution in [0.15, 0.2) is 0 Å². The average Bonchev–Trinajstić information content (AvgIpc) is 2.49. The van der Waals surface area contributed by atoms with Crippen molar-refractivity contribution in [3.63, 3.8) is 0 Å². The first-order valence-electron chi connectivity index (χ1n) is 7.51. The highest BCUT2D eigenvalue weighted by molar-refractivity contribution is 7.99. The SMILES string of the molecule is CCC(=O)CCSC.CSCCC(C)=O.CSCCC(C)O. The van der Waals surface area contributed by atoms with Crippen LogP contribution in [-0.4, -0.2) is 58.8 Å². The summed E-state index contributed by atoms with van der Waals surface area (Å²) in [5.41, 5.74) is 0. The van der Waals surface area contributed by atoms with E-state index in [0.29, 0.717) is 12.2 Å². The van der Waals surface area contributed by atoms with E-state index in [2.05, 4.69) is 0 Å². The van der Waals surface area contributed by atoms with Gasteiger partial charge < -0.3 is 5.11 Å². The van der Waals surface area contributed by atoms with Crippen molar-refractivity contribution in [1.29, 1.82) is 0 Å². The van der Waals surface area contributed by atoms with Gasteiger partial charge in [0.05, 0.1) is 6.10 Å². The molecule has 22 heavy (non-hydrogen) atoms. The van der Waals surface area contributed by atoms with Gasteiger partial charge >= 0.3 is 0 Å². The summed E-state index contributed by atoms with van der Waals surface area (Å²) in [5.74, 6) is 3.67. The van der Waals surface area contributed by atoms with Crippen molar-refractivity contribution in [1.82, 2.24) is 0 Å². The Morgan fingerprint density at radius 3 is 1.64 bits per heavy atom. The number of carbonyl (C=O) groups is 2. The van der Waals surface area contributed by atoms with Gasteiger partial charge in [0.2, 0.25) is 0 Å². The highest BCUT2D eigenvalue weighted by atomic mass is 32.2. The summed E-state index contributed by atoms with van der Waals surface area (Å²) in [6.45, 7) is 5.34. The molecule has 0 spiro atoms. The van der Waals surface area contributed by atoms with Crippen LogP contribution in [0.3, 0.4) is 0 Å². The summed E-state index contributed by atoms with van der Waals surface area (Å²) in [7, 11) is 0. The molecule has 1 atom stereocenters. The summed E-state index contributed by atoms with van der Waals surface area (Å²) in [6.07, 6.45) is 9.03. The predicted molar refractivity (Wildman–Crippen MR) is 107 cm³/mol. The van der Waals surface area contributed by atoms with E-state index in [9.17, 15) is 9.59 Å². The van der Waals surface area contributed by atoms with Crippen molar-refractivity contribution in [3.8, 4) is 0 Å². The van der Waals surface area contributed by atoms with E-state index in [-0.39, 0.29) is 11.9 Å². The molecule has 0 heterocycles. The van der Waals surface area contributed by atoms with Crippen LogP contribution in [0.2, 0.25) is 0 Å². The van der Waals surface area contributed by atoms with Crippen molar-refractivity contribution in [3.05, 3.63) is 0 Å². The van der Waals surface area contributed by atoms with Crippen LogP contribution in [0.1, 0.15) is 46.5 Å². The van der Waals surface area contributed by atoms with E-state index >= 15 is 0 Å². The molecule has 0 fully saturated rings. The number of rotatable bonds is 10. The van der Waals surface area contributed by atoms with Crippen molar-refractivity contribution in [2.45, 2.75) is 52.6 Å². The first-order valence-corrected chi connectivity index (χ1v) is 11.7. The Labute approximate surface area is 150 Å². The minimum atomic E-state index is -0.118. The van der Waals surface area contributed by atoms with Gasteiger partial charge in [0, 0.05) is 19.3 Å². The number of thioether (sulfide) groups is 3. The first-order chi connectivity index (χ1) is 10.3. The van der Waals surface area contributed by atoms with Gasteiger partial charge in [0.1, 0.15) is 11.6 Å². The maximum absolute atomic E-state index is 10.6. The molecule has 0 aromatic rings. The Bertz CT molecular complexity index is 247. The Kier molecular flexibility index (Phi) is 29.2. The zero-order valence-electron chi connectivity index (χ0n) is 15.0. The zero-order valence-corrected chi connectivity index (χ0v) is 17.5. The van der Waals surface area contributed by atoms with Crippen LogP contribution in [0.5, 0.6) is 0 Å². The minimum Gasteiger partial charge on any atom is -0.393 e. The molecule has 0 saturated carbocycles. The van der Waals surface area contributed by atoms with E-state index in [1.54, 1.807) is 42.2 Å². The number of aliphatic hydroxyl groups is 1. The maximum atomic E-state index is 10.6. The lowest BCUT2D eigenvalue weighted by molar-refractivity contribution is -0.118. The molecule has 0 aliphatic rings. The monoisotopic (exact) mass is 370 g/mol. The predicted octanol–water partition coefficient (Wildman–Crippen LogP) is 4.17. The summed E-state index contributed by atoms with van der Waals surface area (Å²) in [5, 5.41) is 8.67. The molecule has 0 saturated heterocycles. The van der Waals surface area contributed by atoms with Crippen LogP contribution in [0.4, 0.5) is 0 Å². The normalized spacial score (nSPS) is 10.7. The van der Waals surface area contributed by atoms with E-state index in [1.165, 1.54) is 0 Å². The van der Waals surface area contributed by atoms with Gasteiger partial charge in [-0.3, -0.25) is 9.59 Å². The van der Waals surface area contributed by atoms with Crippen molar-refractivity contribution >= 4 is 46.9 Å². The van der Waals surface area contributed by atoms with Gasteiger partial charge in [0.25, 0.3) is 0 Å². The van der Waals surface area contributed by atoms with Gasteiger partial charge in [-0.2, -0.15) is 35.3 Å². The van der Waals surface area contributed by atoms with E-state index in [1.807, 2.05) is 32.6 Å². The van der Waals surface area contributed by atoms with Crippen molar-refractivity contribution in [2.75, 3.05) is 36.0 Å². The molecule has 0 bridgehead atoms. The molecule has 0 amide bonds. The molecule has 0 aromatic carbocycles. The highest BCUT2D eigenvalue weighted by Gasteiger charge is 1.94. The van der Waals surface area contributed by atoms with Crippen LogP contribution in [-0.2, 0) is 9.59 Å². The number of aliphatic hydroxyl groups excluding tert-OH is 1. The Balaban J connectivity index is -0.000000247. The smallest absolute Gasteiger partial charge is 0.133 e. The van der Waals surface area contributed by atoms with E-state index in [0.717, 1.165) is 36.5 Å². The van der Waals surface area contributed by atoms with E-state index < -0.39 is 0 Å². The number of hydrogen-bond acceptors (Lipinski definition) is 6. The third-order valence-corrected chi connectivity index (χ3v) is 4.25. The van der Waals surface area contributed by atoms with Crippen molar-refractivity contribution in [2.24, 2.45) is 0 Å². The van der Waals surface area contributed by atoms with Gasteiger partial charge in [-0.15, -0.1) is 0 Å². The average molecular weight is 371 g/mol. The maximum Gasteiger partial charge on any atom is 0.133 e. The lowest BCUT2D eigenvalue weighted by Crippen LogP contribution is -1.99. The number of carbonyl (C=O) groups excluding carboxylic acids is 2. The lowest BCUT2D eigenvalue weighted by Gasteiger charge is -1.98. The fourth-order valence-electron chi connectivity index (χ4n) is 0.927. The third kappa shape index (κ3) is 37.0. The first kappa shape index (κ1) is 27.2. The van der Waals surface area contributed by atoms with Crippen molar-refractivity contribution < 1.29 is 14.7 Å². The zero-order chi connectivity index (χ0) is 17.8. The fourth-order valence-corrected chi connectivity index (χ4v) is 2.43. The van der Waals surface area contributed by atoms with Gasteiger partial charge in [0.15, 0.2) is 0 Å². The molecule has 1 N–H and O–H groups in total. The molecule has 0 rings (SSSR count). The molecule has 6 heteroatoms. The topological polar surface area (TPSA) is 54.4 Å². The second kappa shape index (κ2) is 23.6. The van der Waals surface area contributed by atoms with Crippen LogP contribution >= 0.6 is 35.3 Å². The second-order valence-corrected chi connectivity index (χ2v) is 7.67. The molecule has 134 valence electrons.